The van der Waals surface area contributed by atoms with Gasteiger partial charge in [-0.3, -0.25) is 4.99 Å². The lowest BCUT2D eigenvalue weighted by atomic mass is 9.80. The molecule has 252 valence electrons. The van der Waals surface area contributed by atoms with Crippen molar-refractivity contribution < 1.29 is 64.2 Å². The molecule has 0 aromatic heterocycles. The van der Waals surface area contributed by atoms with Crippen LogP contribution in [0, 0.1) is 0 Å². The van der Waals surface area contributed by atoms with Crippen LogP contribution in [0.25, 0.3) is 5.76 Å². The smallest absolute Gasteiger partial charge is 0.336 e. The van der Waals surface area contributed by atoms with Crippen LogP contribution < -0.4 is 18.9 Å². The maximum absolute atomic E-state index is 12.3. The number of aliphatic imine (C=N–C) groups is 2. The summed E-state index contributed by atoms with van der Waals surface area (Å²) in [6, 6.07) is 8.06. The van der Waals surface area contributed by atoms with Crippen LogP contribution in [0.3, 0.4) is 0 Å². The molecule has 2 fully saturated rings. The Morgan fingerprint density at radius 2 is 1.81 bits per heavy atom. The van der Waals surface area contributed by atoms with Gasteiger partial charge in [0.05, 0.1) is 13.7 Å². The summed E-state index contributed by atoms with van der Waals surface area (Å²) in [6.07, 6.45) is -4.34. The first-order valence-corrected chi connectivity index (χ1v) is 15.1. The molecule has 3 heterocycles. The maximum Gasteiger partial charge on any atom is 0.336 e. The van der Waals surface area contributed by atoms with E-state index in [0.717, 1.165) is 6.42 Å². The van der Waals surface area contributed by atoms with Gasteiger partial charge in [0.2, 0.25) is 17.8 Å². The molecule has 4 aliphatic rings. The van der Waals surface area contributed by atoms with E-state index in [2.05, 4.69) is 9.98 Å². The molecule has 2 aromatic carbocycles. The zero-order valence-electron chi connectivity index (χ0n) is 25.4. The number of fused-ring (bicyclic) bond motifs is 1. The minimum atomic E-state index is -2.52. The molecule has 47 heavy (non-hydrogen) atoms. The number of phenols is 1. The summed E-state index contributed by atoms with van der Waals surface area (Å²) in [5, 5.41) is 77.2. The predicted molar refractivity (Wildman–Crippen MR) is 163 cm³/mol. The maximum atomic E-state index is 12.3. The highest BCUT2D eigenvalue weighted by atomic mass is 16.7. The van der Waals surface area contributed by atoms with Crippen molar-refractivity contribution >= 4 is 23.8 Å². The molecule has 3 aliphatic heterocycles. The van der Waals surface area contributed by atoms with Crippen molar-refractivity contribution in [2.75, 3.05) is 13.7 Å². The van der Waals surface area contributed by atoms with E-state index in [0.29, 0.717) is 24.2 Å². The second-order valence-electron chi connectivity index (χ2n) is 12.0. The minimum Gasteiger partial charge on any atom is -0.507 e. The number of carbonyl (C=O) groups is 1. The lowest BCUT2D eigenvalue weighted by molar-refractivity contribution is -0.303. The largest absolute Gasteiger partial charge is 0.507 e. The number of aliphatic carboxylic acids is 1. The number of aliphatic hydroxyl groups excluding tert-OH is 3. The third kappa shape index (κ3) is 6.19. The van der Waals surface area contributed by atoms with Gasteiger partial charge < -0.3 is 59.4 Å². The predicted octanol–water partition coefficient (Wildman–Crippen LogP) is 1.98. The van der Waals surface area contributed by atoms with E-state index in [1.165, 1.54) is 25.6 Å². The van der Waals surface area contributed by atoms with E-state index in [-0.39, 0.29) is 47.9 Å². The SMILES string of the molecule is COc1ccc(C2C=C(O)c3c(cc(OC4OC(C(=O)O)C(O)(CC5=NC=NC5)C(O)C4O)c(OC4(O)CCCCC4)c3O)O2)cc1. The van der Waals surface area contributed by atoms with E-state index in [1.54, 1.807) is 24.3 Å². The van der Waals surface area contributed by atoms with Gasteiger partial charge in [-0.15, -0.1) is 0 Å². The van der Waals surface area contributed by atoms with E-state index >= 15 is 0 Å². The van der Waals surface area contributed by atoms with Gasteiger partial charge >= 0.3 is 5.97 Å². The number of hydrogen-bond acceptors (Lipinski definition) is 14. The Kier molecular flexibility index (Phi) is 8.76. The van der Waals surface area contributed by atoms with Crippen molar-refractivity contribution in [1.82, 2.24) is 0 Å². The van der Waals surface area contributed by atoms with Crippen molar-refractivity contribution in [2.24, 2.45) is 9.98 Å². The highest BCUT2D eigenvalue weighted by Crippen LogP contribution is 2.52. The number of methoxy groups -OCH3 is 1. The molecule has 2 aromatic rings. The van der Waals surface area contributed by atoms with Crippen molar-refractivity contribution in [3.8, 4) is 28.7 Å². The highest BCUT2D eigenvalue weighted by Gasteiger charge is 2.59. The average Bonchev–Trinajstić information content (AvgIpc) is 3.56. The third-order valence-corrected chi connectivity index (χ3v) is 8.76. The molecule has 15 nitrogen and oxygen atoms in total. The van der Waals surface area contributed by atoms with Gasteiger partial charge in [0.1, 0.15) is 53.1 Å². The Balaban J connectivity index is 1.37. The number of nitrogens with zero attached hydrogens (tertiary/aromatic N) is 2. The zero-order valence-corrected chi connectivity index (χ0v) is 25.4. The Labute approximate surface area is 268 Å². The third-order valence-electron chi connectivity index (χ3n) is 8.76. The molecule has 1 aliphatic carbocycles. The quantitative estimate of drug-likeness (QED) is 0.192. The Bertz CT molecular complexity index is 1600. The fourth-order valence-corrected chi connectivity index (χ4v) is 6.24. The molecule has 6 rings (SSSR count). The minimum absolute atomic E-state index is 0.0637. The Morgan fingerprint density at radius 1 is 1.09 bits per heavy atom. The molecule has 0 bridgehead atoms. The molecule has 15 heteroatoms. The fourth-order valence-electron chi connectivity index (χ4n) is 6.24. The van der Waals surface area contributed by atoms with Gasteiger partial charge in [0, 0.05) is 37.1 Å². The summed E-state index contributed by atoms with van der Waals surface area (Å²) in [4.78, 5) is 20.2. The number of hydrogen-bond donors (Lipinski definition) is 7. The number of benzene rings is 2. The van der Waals surface area contributed by atoms with Crippen molar-refractivity contribution in [2.45, 2.75) is 80.6 Å². The second-order valence-corrected chi connectivity index (χ2v) is 12.0. The van der Waals surface area contributed by atoms with Gasteiger partial charge in [-0.05, 0) is 30.5 Å². The molecule has 1 saturated heterocycles. The Morgan fingerprint density at radius 3 is 2.45 bits per heavy atom. The van der Waals surface area contributed by atoms with Crippen LogP contribution in [0.1, 0.15) is 55.8 Å². The topological polar surface area (TPSA) is 230 Å². The number of rotatable bonds is 9. The van der Waals surface area contributed by atoms with Crippen molar-refractivity contribution in [3.05, 3.63) is 47.5 Å². The molecule has 7 N–H and O–H groups in total. The molecular weight excluding hydrogens is 620 g/mol. The number of ether oxygens (including phenoxy) is 5. The van der Waals surface area contributed by atoms with Gasteiger partial charge in [-0.2, -0.15) is 0 Å². The summed E-state index contributed by atoms with van der Waals surface area (Å²) < 4.78 is 28.7. The number of phenolic OH excluding ortho intramolecular Hbond substituents is 1. The van der Waals surface area contributed by atoms with Gasteiger partial charge in [0.15, 0.2) is 17.6 Å². The standard InChI is InChI=1S/C32H36N2O13/c1-43-18-7-5-16(6-8-18)20-11-19(35)23-21(44-20)12-22(26(24(23)36)47-31(41)9-3-2-4-10-31)45-30-25(37)27(38)32(42,28(46-30)29(39)40)13-17-14-33-15-34-17/h5-8,11-12,15,20,25,27-28,30,35-38,41-42H,2-4,9-10,13-14H2,1H3,(H,39,40). The van der Waals surface area contributed by atoms with E-state index in [1.807, 2.05) is 0 Å². The molecular formula is C32H36N2O13. The number of carboxylic acids is 1. The fraction of sp³-hybridized carbons (Fsp3) is 0.469. The lowest BCUT2D eigenvalue weighted by Gasteiger charge is -2.46. The first-order chi connectivity index (χ1) is 22.4. The van der Waals surface area contributed by atoms with Crippen molar-refractivity contribution in [3.63, 3.8) is 0 Å². The van der Waals surface area contributed by atoms with E-state index in [4.69, 9.17) is 23.7 Å². The molecule has 6 atom stereocenters. The highest BCUT2D eigenvalue weighted by molar-refractivity contribution is 5.97. The van der Waals surface area contributed by atoms with Crippen LogP contribution in [0.15, 0.2) is 46.4 Å². The monoisotopic (exact) mass is 656 g/mol. The molecule has 0 spiro atoms. The van der Waals surface area contributed by atoms with Gasteiger partial charge in [-0.25, -0.2) is 9.79 Å². The van der Waals surface area contributed by atoms with Gasteiger partial charge in [0.25, 0.3) is 0 Å². The summed E-state index contributed by atoms with van der Waals surface area (Å²) in [7, 11) is 1.52. The van der Waals surface area contributed by atoms with Crippen LogP contribution in [0.4, 0.5) is 0 Å². The lowest BCUT2D eigenvalue weighted by Crippen LogP contribution is -2.69. The van der Waals surface area contributed by atoms with Crippen LogP contribution in [0.5, 0.6) is 28.7 Å². The zero-order chi connectivity index (χ0) is 33.5. The first kappa shape index (κ1) is 32.5. The summed E-state index contributed by atoms with van der Waals surface area (Å²) >= 11 is 0. The normalized spacial score (nSPS) is 29.6. The summed E-state index contributed by atoms with van der Waals surface area (Å²) in [5.41, 5.74) is -1.80. The van der Waals surface area contributed by atoms with Crippen molar-refractivity contribution in [1.29, 1.82) is 0 Å². The van der Waals surface area contributed by atoms with Crippen LogP contribution >= 0.6 is 0 Å². The summed E-state index contributed by atoms with van der Waals surface area (Å²) in [5.74, 6) is -4.74. The Hall–Kier alpha value is -4.41. The van der Waals surface area contributed by atoms with Crippen LogP contribution in [0.2, 0.25) is 0 Å². The molecule has 6 unspecified atom stereocenters. The van der Waals surface area contributed by atoms with Gasteiger partial charge in [-0.1, -0.05) is 18.6 Å². The van der Waals surface area contributed by atoms with Crippen LogP contribution in [-0.4, -0.2) is 103 Å². The van der Waals surface area contributed by atoms with E-state index in [9.17, 15) is 40.5 Å². The van der Waals surface area contributed by atoms with Crippen LogP contribution in [-0.2, 0) is 9.53 Å². The second kappa shape index (κ2) is 12.7. The number of aliphatic hydroxyl groups is 5. The number of aromatic hydroxyl groups is 1. The molecule has 0 amide bonds. The van der Waals surface area contributed by atoms with E-state index < -0.39 is 66.0 Å². The average molecular weight is 657 g/mol. The molecule has 1 saturated carbocycles. The number of carboxylic acid groups (broad SMARTS) is 1. The molecule has 0 radical (unpaired) electrons. The summed E-state index contributed by atoms with van der Waals surface area (Å²) in [6.45, 7) is 0.0637. The first-order valence-electron chi connectivity index (χ1n) is 15.1.